The molecule has 0 aromatic rings. The van der Waals surface area contributed by atoms with Crippen molar-refractivity contribution in [3.8, 4) is 0 Å². The molecule has 0 aliphatic rings. The third-order valence-electron chi connectivity index (χ3n) is 2.35. The van der Waals surface area contributed by atoms with E-state index in [4.69, 9.17) is 0 Å². The standard InChI is InChI=1S/C11H22O3/c1-10(2,3)7-8(12)11(4,5)9(13)14-6/h8,12H,7H2,1-6H3. The van der Waals surface area contributed by atoms with Gasteiger partial charge >= 0.3 is 5.97 Å². The fraction of sp³-hybridized carbons (Fsp3) is 0.909. The van der Waals surface area contributed by atoms with E-state index in [0.29, 0.717) is 6.42 Å². The van der Waals surface area contributed by atoms with Gasteiger partial charge in [0.05, 0.1) is 18.6 Å². The van der Waals surface area contributed by atoms with E-state index >= 15 is 0 Å². The number of carbonyl (C=O) groups excluding carboxylic acids is 1. The molecule has 3 nitrogen and oxygen atoms in total. The summed E-state index contributed by atoms with van der Waals surface area (Å²) < 4.78 is 4.65. The molecular formula is C11H22O3. The van der Waals surface area contributed by atoms with Crippen molar-refractivity contribution in [1.29, 1.82) is 0 Å². The van der Waals surface area contributed by atoms with Crippen LogP contribution < -0.4 is 0 Å². The van der Waals surface area contributed by atoms with Crippen molar-refractivity contribution >= 4 is 5.97 Å². The molecule has 0 saturated carbocycles. The van der Waals surface area contributed by atoms with Crippen LogP contribution in [-0.2, 0) is 9.53 Å². The maximum atomic E-state index is 11.4. The number of rotatable bonds is 3. The van der Waals surface area contributed by atoms with E-state index < -0.39 is 11.5 Å². The largest absolute Gasteiger partial charge is 0.469 e. The molecule has 0 saturated heterocycles. The normalized spacial score (nSPS) is 15.1. The van der Waals surface area contributed by atoms with Gasteiger partial charge in [0.1, 0.15) is 0 Å². The van der Waals surface area contributed by atoms with Crippen LogP contribution in [0.2, 0.25) is 0 Å². The number of aliphatic hydroxyl groups is 1. The van der Waals surface area contributed by atoms with Crippen LogP contribution in [0.4, 0.5) is 0 Å². The van der Waals surface area contributed by atoms with Crippen LogP contribution in [-0.4, -0.2) is 24.3 Å². The van der Waals surface area contributed by atoms with E-state index in [2.05, 4.69) is 4.74 Å². The Labute approximate surface area is 86.5 Å². The highest BCUT2D eigenvalue weighted by Crippen LogP contribution is 2.31. The molecule has 1 N–H and O–H groups in total. The van der Waals surface area contributed by atoms with Gasteiger partial charge in [0.15, 0.2) is 0 Å². The number of hydrogen-bond donors (Lipinski definition) is 1. The van der Waals surface area contributed by atoms with Crippen molar-refractivity contribution in [2.75, 3.05) is 7.11 Å². The zero-order valence-corrected chi connectivity index (χ0v) is 10.0. The van der Waals surface area contributed by atoms with Gasteiger partial charge in [-0.2, -0.15) is 0 Å². The Morgan fingerprint density at radius 1 is 1.29 bits per heavy atom. The molecule has 0 aromatic carbocycles. The number of aliphatic hydroxyl groups excluding tert-OH is 1. The van der Waals surface area contributed by atoms with Crippen LogP contribution in [0.5, 0.6) is 0 Å². The van der Waals surface area contributed by atoms with Gasteiger partial charge in [-0.3, -0.25) is 4.79 Å². The number of esters is 1. The molecule has 0 aliphatic heterocycles. The van der Waals surface area contributed by atoms with Gasteiger partial charge in [-0.1, -0.05) is 20.8 Å². The Bertz CT molecular complexity index is 201. The zero-order chi connectivity index (χ0) is 11.6. The van der Waals surface area contributed by atoms with Crippen LogP contribution in [0, 0.1) is 10.8 Å². The lowest BCUT2D eigenvalue weighted by atomic mass is 9.77. The average Bonchev–Trinajstić information content (AvgIpc) is 1.99. The summed E-state index contributed by atoms with van der Waals surface area (Å²) in [7, 11) is 1.34. The van der Waals surface area contributed by atoms with Gasteiger partial charge in [0.2, 0.25) is 0 Å². The molecule has 1 atom stereocenters. The molecule has 0 amide bonds. The first kappa shape index (κ1) is 13.4. The fourth-order valence-electron chi connectivity index (χ4n) is 1.23. The molecule has 3 heteroatoms. The molecular weight excluding hydrogens is 180 g/mol. The van der Waals surface area contributed by atoms with Gasteiger partial charge in [0.25, 0.3) is 0 Å². The summed E-state index contributed by atoms with van der Waals surface area (Å²) >= 11 is 0. The van der Waals surface area contributed by atoms with Gasteiger partial charge in [-0.05, 0) is 25.7 Å². The Hall–Kier alpha value is -0.570. The monoisotopic (exact) mass is 202 g/mol. The third-order valence-corrected chi connectivity index (χ3v) is 2.35. The SMILES string of the molecule is COC(=O)C(C)(C)C(O)CC(C)(C)C. The lowest BCUT2D eigenvalue weighted by Gasteiger charge is -2.32. The van der Waals surface area contributed by atoms with Gasteiger partial charge in [-0.25, -0.2) is 0 Å². The maximum Gasteiger partial charge on any atom is 0.313 e. The summed E-state index contributed by atoms with van der Waals surface area (Å²) in [5.41, 5.74) is -0.827. The Morgan fingerprint density at radius 3 is 2.00 bits per heavy atom. The molecule has 0 bridgehead atoms. The Balaban J connectivity index is 4.51. The van der Waals surface area contributed by atoms with Gasteiger partial charge in [-0.15, -0.1) is 0 Å². The number of carbonyl (C=O) groups is 1. The topological polar surface area (TPSA) is 46.5 Å². The van der Waals surface area contributed by atoms with E-state index in [0.717, 1.165) is 0 Å². The average molecular weight is 202 g/mol. The highest BCUT2D eigenvalue weighted by molar-refractivity contribution is 5.76. The van der Waals surface area contributed by atoms with Crippen molar-refractivity contribution in [1.82, 2.24) is 0 Å². The van der Waals surface area contributed by atoms with Gasteiger partial charge in [0, 0.05) is 0 Å². The first-order valence-electron chi connectivity index (χ1n) is 4.88. The molecule has 14 heavy (non-hydrogen) atoms. The number of methoxy groups -OCH3 is 1. The summed E-state index contributed by atoms with van der Waals surface area (Å²) in [5.74, 6) is -0.366. The molecule has 0 heterocycles. The zero-order valence-electron chi connectivity index (χ0n) is 10.0. The van der Waals surface area contributed by atoms with E-state index in [1.54, 1.807) is 13.8 Å². The molecule has 1 unspecified atom stereocenters. The first-order valence-corrected chi connectivity index (χ1v) is 4.88. The van der Waals surface area contributed by atoms with Crippen molar-refractivity contribution in [2.45, 2.75) is 47.1 Å². The minimum atomic E-state index is -0.831. The second kappa shape index (κ2) is 4.30. The summed E-state index contributed by atoms with van der Waals surface area (Å²) in [6.07, 6.45) is -0.0929. The summed E-state index contributed by atoms with van der Waals surface area (Å²) in [6, 6.07) is 0. The van der Waals surface area contributed by atoms with Crippen molar-refractivity contribution < 1.29 is 14.6 Å². The highest BCUT2D eigenvalue weighted by Gasteiger charge is 2.38. The second-order valence-electron chi connectivity index (χ2n) is 5.49. The van der Waals surface area contributed by atoms with E-state index in [-0.39, 0.29) is 11.4 Å². The van der Waals surface area contributed by atoms with Crippen LogP contribution >= 0.6 is 0 Å². The van der Waals surface area contributed by atoms with Crippen LogP contribution in [0.3, 0.4) is 0 Å². The van der Waals surface area contributed by atoms with Crippen molar-refractivity contribution in [2.24, 2.45) is 10.8 Å². The lowest BCUT2D eigenvalue weighted by molar-refractivity contribution is -0.158. The van der Waals surface area contributed by atoms with E-state index in [9.17, 15) is 9.90 Å². The van der Waals surface area contributed by atoms with Crippen LogP contribution in [0.15, 0.2) is 0 Å². The maximum absolute atomic E-state index is 11.4. The van der Waals surface area contributed by atoms with Crippen LogP contribution in [0.1, 0.15) is 41.0 Å². The molecule has 0 fully saturated rings. The van der Waals surface area contributed by atoms with Crippen molar-refractivity contribution in [3.05, 3.63) is 0 Å². The number of hydrogen-bond acceptors (Lipinski definition) is 3. The first-order chi connectivity index (χ1) is 6.11. The summed E-state index contributed by atoms with van der Waals surface area (Å²) in [6.45, 7) is 9.50. The molecule has 84 valence electrons. The quantitative estimate of drug-likeness (QED) is 0.712. The molecule has 0 rings (SSSR count). The molecule has 0 spiro atoms. The molecule has 0 aliphatic carbocycles. The minimum Gasteiger partial charge on any atom is -0.469 e. The smallest absolute Gasteiger partial charge is 0.313 e. The van der Waals surface area contributed by atoms with E-state index in [1.165, 1.54) is 7.11 Å². The fourth-order valence-corrected chi connectivity index (χ4v) is 1.23. The predicted molar refractivity (Wildman–Crippen MR) is 55.9 cm³/mol. The Morgan fingerprint density at radius 2 is 1.71 bits per heavy atom. The minimum absolute atomic E-state index is 0.00467. The summed E-state index contributed by atoms with van der Waals surface area (Å²) in [4.78, 5) is 11.4. The summed E-state index contributed by atoms with van der Waals surface area (Å²) in [5, 5.41) is 9.91. The number of ether oxygens (including phenoxy) is 1. The molecule has 0 radical (unpaired) electrons. The Kier molecular flexibility index (Phi) is 4.13. The molecule has 0 aromatic heterocycles. The highest BCUT2D eigenvalue weighted by atomic mass is 16.5. The van der Waals surface area contributed by atoms with Gasteiger partial charge < -0.3 is 9.84 Å². The third kappa shape index (κ3) is 3.66. The van der Waals surface area contributed by atoms with Crippen molar-refractivity contribution in [3.63, 3.8) is 0 Å². The van der Waals surface area contributed by atoms with Crippen LogP contribution in [0.25, 0.3) is 0 Å². The van der Waals surface area contributed by atoms with E-state index in [1.807, 2.05) is 20.8 Å². The second-order valence-corrected chi connectivity index (χ2v) is 5.49. The lowest BCUT2D eigenvalue weighted by Crippen LogP contribution is -2.40. The predicted octanol–water partition coefficient (Wildman–Crippen LogP) is 1.98.